The fourth-order valence-corrected chi connectivity index (χ4v) is 1.08. The van der Waals surface area contributed by atoms with Crippen LogP contribution in [0.4, 0.5) is 0 Å². The fraction of sp³-hybridized carbons (Fsp3) is 0.636. The van der Waals surface area contributed by atoms with E-state index >= 15 is 0 Å². The van der Waals surface area contributed by atoms with Gasteiger partial charge in [-0.05, 0) is 25.5 Å². The van der Waals surface area contributed by atoms with Gasteiger partial charge in [0.25, 0.3) is 0 Å². The van der Waals surface area contributed by atoms with E-state index < -0.39 is 0 Å². The highest BCUT2D eigenvalue weighted by atomic mass is 16.5. The molecule has 1 aromatic heterocycles. The summed E-state index contributed by atoms with van der Waals surface area (Å²) in [5, 5.41) is 3.32. The minimum absolute atomic E-state index is 0.463. The molecule has 1 aromatic rings. The molecule has 4 nitrogen and oxygen atoms in total. The second-order valence-corrected chi connectivity index (χ2v) is 3.85. The van der Waals surface area contributed by atoms with Crippen LogP contribution in [0.2, 0.25) is 0 Å². The van der Waals surface area contributed by atoms with Crippen molar-refractivity contribution in [1.29, 1.82) is 0 Å². The molecule has 15 heavy (non-hydrogen) atoms. The SMILES string of the molecule is Cc1cnc(OCCCNC(C)C)nc1. The first-order valence-corrected chi connectivity index (χ1v) is 5.33. The van der Waals surface area contributed by atoms with Crippen LogP contribution < -0.4 is 10.1 Å². The van der Waals surface area contributed by atoms with E-state index in [1.165, 1.54) is 0 Å². The first-order chi connectivity index (χ1) is 7.18. The van der Waals surface area contributed by atoms with Crippen LogP contribution in [0.1, 0.15) is 25.8 Å². The lowest BCUT2D eigenvalue weighted by Crippen LogP contribution is -2.24. The molecule has 1 heterocycles. The van der Waals surface area contributed by atoms with Gasteiger partial charge in [-0.1, -0.05) is 13.8 Å². The van der Waals surface area contributed by atoms with Gasteiger partial charge < -0.3 is 10.1 Å². The summed E-state index contributed by atoms with van der Waals surface area (Å²) >= 11 is 0. The molecular formula is C11H19N3O. The third-order valence-electron chi connectivity index (χ3n) is 1.86. The Kier molecular flexibility index (Phi) is 5.04. The number of hydrogen-bond acceptors (Lipinski definition) is 4. The maximum Gasteiger partial charge on any atom is 0.316 e. The molecule has 84 valence electrons. The van der Waals surface area contributed by atoms with Crippen LogP contribution in [0.3, 0.4) is 0 Å². The van der Waals surface area contributed by atoms with E-state index in [-0.39, 0.29) is 0 Å². The van der Waals surface area contributed by atoms with Crippen molar-refractivity contribution in [3.63, 3.8) is 0 Å². The lowest BCUT2D eigenvalue weighted by Gasteiger charge is -2.07. The van der Waals surface area contributed by atoms with Crippen molar-refractivity contribution in [1.82, 2.24) is 15.3 Å². The number of aryl methyl sites for hydroxylation is 1. The van der Waals surface area contributed by atoms with Gasteiger partial charge in [-0.3, -0.25) is 0 Å². The van der Waals surface area contributed by atoms with Gasteiger partial charge in [-0.25, -0.2) is 9.97 Å². The smallest absolute Gasteiger partial charge is 0.316 e. The Labute approximate surface area is 91.1 Å². The molecule has 0 saturated heterocycles. The van der Waals surface area contributed by atoms with Crippen LogP contribution in [0.15, 0.2) is 12.4 Å². The van der Waals surface area contributed by atoms with E-state index in [0.29, 0.717) is 18.7 Å². The van der Waals surface area contributed by atoms with E-state index in [2.05, 4.69) is 29.1 Å². The summed E-state index contributed by atoms with van der Waals surface area (Å²) in [7, 11) is 0. The second kappa shape index (κ2) is 6.35. The maximum absolute atomic E-state index is 5.38. The van der Waals surface area contributed by atoms with Gasteiger partial charge in [-0.2, -0.15) is 0 Å². The standard InChI is InChI=1S/C11H19N3O/c1-9(2)12-5-4-6-15-11-13-7-10(3)8-14-11/h7-9,12H,4-6H2,1-3H3. The van der Waals surface area contributed by atoms with Crippen LogP contribution in [-0.4, -0.2) is 29.2 Å². The molecule has 0 unspecified atom stereocenters. The minimum atomic E-state index is 0.463. The zero-order chi connectivity index (χ0) is 11.1. The Morgan fingerprint density at radius 2 is 2.00 bits per heavy atom. The molecule has 1 N–H and O–H groups in total. The van der Waals surface area contributed by atoms with Crippen LogP contribution >= 0.6 is 0 Å². The number of rotatable bonds is 6. The zero-order valence-electron chi connectivity index (χ0n) is 9.66. The minimum Gasteiger partial charge on any atom is -0.463 e. The van der Waals surface area contributed by atoms with Gasteiger partial charge in [-0.15, -0.1) is 0 Å². The molecular weight excluding hydrogens is 190 g/mol. The number of nitrogens with zero attached hydrogens (tertiary/aromatic N) is 2. The van der Waals surface area contributed by atoms with Crippen molar-refractivity contribution in [3.8, 4) is 6.01 Å². The molecule has 1 rings (SSSR count). The normalized spacial score (nSPS) is 10.7. The number of hydrogen-bond donors (Lipinski definition) is 1. The van der Waals surface area contributed by atoms with Crippen LogP contribution in [-0.2, 0) is 0 Å². The Morgan fingerprint density at radius 1 is 1.33 bits per heavy atom. The Balaban J connectivity index is 2.12. The molecule has 0 amide bonds. The van der Waals surface area contributed by atoms with Crippen molar-refractivity contribution in [2.24, 2.45) is 0 Å². The summed E-state index contributed by atoms with van der Waals surface area (Å²) in [6.45, 7) is 7.83. The summed E-state index contributed by atoms with van der Waals surface area (Å²) in [4.78, 5) is 8.11. The first-order valence-electron chi connectivity index (χ1n) is 5.33. The molecule has 0 aromatic carbocycles. The van der Waals surface area contributed by atoms with E-state index in [9.17, 15) is 0 Å². The van der Waals surface area contributed by atoms with E-state index in [1.807, 2.05) is 6.92 Å². The summed E-state index contributed by atoms with van der Waals surface area (Å²) in [5.41, 5.74) is 1.05. The predicted octanol–water partition coefficient (Wildman–Crippen LogP) is 1.55. The van der Waals surface area contributed by atoms with E-state index in [1.54, 1.807) is 12.4 Å². The monoisotopic (exact) mass is 209 g/mol. The first kappa shape index (κ1) is 11.9. The molecule has 0 fully saturated rings. The quantitative estimate of drug-likeness (QED) is 0.722. The maximum atomic E-state index is 5.38. The topological polar surface area (TPSA) is 47.0 Å². The van der Waals surface area contributed by atoms with Crippen molar-refractivity contribution in [2.45, 2.75) is 33.2 Å². The highest BCUT2D eigenvalue weighted by Gasteiger charge is 1.96. The zero-order valence-corrected chi connectivity index (χ0v) is 9.66. The van der Waals surface area contributed by atoms with Crippen molar-refractivity contribution in [2.75, 3.05) is 13.2 Å². The molecule has 0 saturated carbocycles. The summed E-state index contributed by atoms with van der Waals surface area (Å²) in [6.07, 6.45) is 4.48. The largest absolute Gasteiger partial charge is 0.463 e. The van der Waals surface area contributed by atoms with Crippen molar-refractivity contribution in [3.05, 3.63) is 18.0 Å². The fourth-order valence-electron chi connectivity index (χ4n) is 1.08. The summed E-state index contributed by atoms with van der Waals surface area (Å²) in [6, 6.07) is 0.991. The van der Waals surface area contributed by atoms with Gasteiger partial charge in [0.2, 0.25) is 0 Å². The van der Waals surface area contributed by atoms with Crippen molar-refractivity contribution < 1.29 is 4.74 Å². The molecule has 0 spiro atoms. The second-order valence-electron chi connectivity index (χ2n) is 3.85. The summed E-state index contributed by atoms with van der Waals surface area (Å²) < 4.78 is 5.38. The number of nitrogens with one attached hydrogen (secondary N) is 1. The Morgan fingerprint density at radius 3 is 2.60 bits per heavy atom. The van der Waals surface area contributed by atoms with Crippen molar-refractivity contribution >= 4 is 0 Å². The van der Waals surface area contributed by atoms with E-state index in [0.717, 1.165) is 18.5 Å². The van der Waals surface area contributed by atoms with Gasteiger partial charge in [0.1, 0.15) is 0 Å². The Bertz CT molecular complexity index is 272. The molecule has 0 bridgehead atoms. The highest BCUT2D eigenvalue weighted by Crippen LogP contribution is 2.01. The molecule has 4 heteroatoms. The lowest BCUT2D eigenvalue weighted by atomic mass is 10.3. The summed E-state index contributed by atoms with van der Waals surface area (Å²) in [5.74, 6) is 0. The average molecular weight is 209 g/mol. The van der Waals surface area contributed by atoms with E-state index in [4.69, 9.17) is 4.74 Å². The Hall–Kier alpha value is -1.16. The molecule has 0 aliphatic rings. The lowest BCUT2D eigenvalue weighted by molar-refractivity contribution is 0.283. The molecule has 0 atom stereocenters. The number of ether oxygens (including phenoxy) is 1. The van der Waals surface area contributed by atoms with Gasteiger partial charge in [0.15, 0.2) is 0 Å². The van der Waals surface area contributed by atoms with Crippen LogP contribution in [0.25, 0.3) is 0 Å². The van der Waals surface area contributed by atoms with Crippen LogP contribution in [0.5, 0.6) is 6.01 Å². The molecule has 0 radical (unpaired) electrons. The van der Waals surface area contributed by atoms with Gasteiger partial charge >= 0.3 is 6.01 Å². The van der Waals surface area contributed by atoms with Gasteiger partial charge in [0, 0.05) is 18.4 Å². The number of aromatic nitrogens is 2. The third kappa shape index (κ3) is 5.32. The predicted molar refractivity (Wildman–Crippen MR) is 60.0 cm³/mol. The van der Waals surface area contributed by atoms with Gasteiger partial charge in [0.05, 0.1) is 6.61 Å². The average Bonchev–Trinajstić information content (AvgIpc) is 2.20. The third-order valence-corrected chi connectivity index (χ3v) is 1.86. The molecule has 0 aliphatic heterocycles. The van der Waals surface area contributed by atoms with Crippen LogP contribution in [0, 0.1) is 6.92 Å². The molecule has 0 aliphatic carbocycles. The highest BCUT2D eigenvalue weighted by molar-refractivity contribution is 5.04.